The normalized spacial score (nSPS) is 17.9. The Morgan fingerprint density at radius 3 is 2.60 bits per heavy atom. The summed E-state index contributed by atoms with van der Waals surface area (Å²) in [6, 6.07) is 4.61. The predicted molar refractivity (Wildman–Crippen MR) is 61.5 cm³/mol. The molecular formula is C13H17FO. The molecule has 1 heterocycles. The Kier molecular flexibility index (Phi) is 3.89. The molecule has 1 aliphatic rings. The van der Waals surface area contributed by atoms with Gasteiger partial charge in [-0.1, -0.05) is 13.8 Å². The molecule has 1 nitrogen and oxygen atoms in total. The maximum absolute atomic E-state index is 12.8. The van der Waals surface area contributed by atoms with E-state index in [9.17, 15) is 4.39 Å². The van der Waals surface area contributed by atoms with Crippen LogP contribution in [0.25, 0.3) is 6.08 Å². The van der Waals surface area contributed by atoms with Crippen molar-refractivity contribution in [2.24, 2.45) is 0 Å². The summed E-state index contributed by atoms with van der Waals surface area (Å²) < 4.78 is 18.3. The molecule has 1 aromatic carbocycles. The summed E-state index contributed by atoms with van der Waals surface area (Å²) in [6.07, 6.45) is 2.08. The molecular weight excluding hydrogens is 191 g/mol. The second-order valence-corrected chi connectivity index (χ2v) is 3.33. The second kappa shape index (κ2) is 4.96. The Labute approximate surface area is 90.6 Å². The fourth-order valence-electron chi connectivity index (χ4n) is 1.38. The molecule has 1 atom stereocenters. The van der Waals surface area contributed by atoms with Crippen LogP contribution in [0, 0.1) is 5.82 Å². The lowest BCUT2D eigenvalue weighted by atomic mass is 10.0. The van der Waals surface area contributed by atoms with Gasteiger partial charge in [-0.25, -0.2) is 4.39 Å². The van der Waals surface area contributed by atoms with Crippen LogP contribution in [0.2, 0.25) is 0 Å². The molecule has 2 heteroatoms. The summed E-state index contributed by atoms with van der Waals surface area (Å²) in [4.78, 5) is 0. The third-order valence-corrected chi connectivity index (χ3v) is 2.30. The van der Waals surface area contributed by atoms with E-state index in [0.717, 1.165) is 5.56 Å². The average molecular weight is 208 g/mol. The van der Waals surface area contributed by atoms with Gasteiger partial charge >= 0.3 is 0 Å². The topological polar surface area (TPSA) is 9.23 Å². The van der Waals surface area contributed by atoms with Crippen LogP contribution in [0.3, 0.4) is 0 Å². The highest BCUT2D eigenvalue weighted by Gasteiger charge is 2.15. The molecule has 0 N–H and O–H groups in total. The van der Waals surface area contributed by atoms with Crippen LogP contribution >= 0.6 is 0 Å². The van der Waals surface area contributed by atoms with Crippen molar-refractivity contribution in [2.45, 2.75) is 33.8 Å². The van der Waals surface area contributed by atoms with Gasteiger partial charge in [-0.3, -0.25) is 0 Å². The van der Waals surface area contributed by atoms with Crippen molar-refractivity contribution < 1.29 is 9.13 Å². The van der Waals surface area contributed by atoms with Gasteiger partial charge < -0.3 is 4.74 Å². The minimum atomic E-state index is -0.251. The molecule has 0 radical (unpaired) electrons. The monoisotopic (exact) mass is 208 g/mol. The molecule has 0 aliphatic carbocycles. The van der Waals surface area contributed by atoms with Crippen molar-refractivity contribution in [1.29, 1.82) is 0 Å². The SMILES string of the molecule is CC.CC1=Cc2ccc(F)cc2OC1C. The highest BCUT2D eigenvalue weighted by atomic mass is 19.1. The Morgan fingerprint density at radius 2 is 1.93 bits per heavy atom. The van der Waals surface area contributed by atoms with E-state index in [1.165, 1.54) is 17.7 Å². The Bertz CT molecular complexity index is 369. The number of ether oxygens (including phenoxy) is 1. The number of benzene rings is 1. The van der Waals surface area contributed by atoms with Crippen LogP contribution in [0.5, 0.6) is 5.75 Å². The highest BCUT2D eigenvalue weighted by molar-refractivity contribution is 5.62. The van der Waals surface area contributed by atoms with Crippen molar-refractivity contribution in [2.75, 3.05) is 0 Å². The lowest BCUT2D eigenvalue weighted by molar-refractivity contribution is 0.252. The molecule has 0 fully saturated rings. The third-order valence-electron chi connectivity index (χ3n) is 2.30. The Balaban J connectivity index is 0.000000531. The van der Waals surface area contributed by atoms with E-state index in [-0.39, 0.29) is 11.9 Å². The fraction of sp³-hybridized carbons (Fsp3) is 0.385. The van der Waals surface area contributed by atoms with Crippen molar-refractivity contribution in [3.8, 4) is 5.75 Å². The molecule has 15 heavy (non-hydrogen) atoms. The second-order valence-electron chi connectivity index (χ2n) is 3.33. The van der Waals surface area contributed by atoms with E-state index in [4.69, 9.17) is 4.74 Å². The zero-order chi connectivity index (χ0) is 11.4. The quantitative estimate of drug-likeness (QED) is 0.625. The zero-order valence-corrected chi connectivity index (χ0v) is 9.67. The maximum Gasteiger partial charge on any atom is 0.130 e. The molecule has 82 valence electrons. The summed E-state index contributed by atoms with van der Waals surface area (Å²) in [5, 5.41) is 0. The first kappa shape index (κ1) is 11.8. The minimum absolute atomic E-state index is 0.0503. The number of hydrogen-bond donors (Lipinski definition) is 0. The predicted octanol–water partition coefficient (Wildman–Crippen LogP) is 4.04. The summed E-state index contributed by atoms with van der Waals surface area (Å²) in [6.45, 7) is 7.97. The Morgan fingerprint density at radius 1 is 1.27 bits per heavy atom. The molecule has 0 saturated heterocycles. The lowest BCUT2D eigenvalue weighted by Crippen LogP contribution is -2.17. The van der Waals surface area contributed by atoms with Crippen LogP contribution in [0.1, 0.15) is 33.3 Å². The summed E-state index contributed by atoms with van der Waals surface area (Å²) in [5.74, 6) is 0.386. The number of rotatable bonds is 0. The molecule has 1 unspecified atom stereocenters. The first-order valence-electron chi connectivity index (χ1n) is 5.31. The summed E-state index contributed by atoms with van der Waals surface area (Å²) >= 11 is 0. The Hall–Kier alpha value is -1.31. The average Bonchev–Trinajstić information content (AvgIpc) is 2.23. The van der Waals surface area contributed by atoms with E-state index in [1.807, 2.05) is 33.8 Å². The lowest BCUT2D eigenvalue weighted by Gasteiger charge is -2.22. The molecule has 2 rings (SSSR count). The molecule has 1 aromatic rings. The van der Waals surface area contributed by atoms with Gasteiger partial charge in [0.1, 0.15) is 17.7 Å². The molecule has 0 aromatic heterocycles. The fourth-order valence-corrected chi connectivity index (χ4v) is 1.38. The van der Waals surface area contributed by atoms with Gasteiger partial charge in [-0.2, -0.15) is 0 Å². The molecule has 0 saturated carbocycles. The first-order valence-corrected chi connectivity index (χ1v) is 5.31. The molecule has 0 bridgehead atoms. The number of halogens is 1. The van der Waals surface area contributed by atoms with Crippen LogP contribution in [0.4, 0.5) is 4.39 Å². The van der Waals surface area contributed by atoms with Crippen molar-refractivity contribution in [3.63, 3.8) is 0 Å². The van der Waals surface area contributed by atoms with Crippen LogP contribution in [-0.4, -0.2) is 6.10 Å². The van der Waals surface area contributed by atoms with Crippen LogP contribution in [-0.2, 0) is 0 Å². The van der Waals surface area contributed by atoms with Gasteiger partial charge in [0.25, 0.3) is 0 Å². The van der Waals surface area contributed by atoms with Crippen molar-refractivity contribution in [1.82, 2.24) is 0 Å². The van der Waals surface area contributed by atoms with Gasteiger partial charge in [0.05, 0.1) is 0 Å². The van der Waals surface area contributed by atoms with E-state index in [0.29, 0.717) is 5.75 Å². The summed E-state index contributed by atoms with van der Waals surface area (Å²) in [7, 11) is 0. The largest absolute Gasteiger partial charge is 0.486 e. The van der Waals surface area contributed by atoms with Gasteiger partial charge in [-0.05, 0) is 37.6 Å². The summed E-state index contributed by atoms with van der Waals surface area (Å²) in [5.41, 5.74) is 2.12. The van der Waals surface area contributed by atoms with E-state index < -0.39 is 0 Å². The van der Waals surface area contributed by atoms with E-state index in [2.05, 4.69) is 0 Å². The number of hydrogen-bond acceptors (Lipinski definition) is 1. The van der Waals surface area contributed by atoms with Crippen molar-refractivity contribution in [3.05, 3.63) is 35.2 Å². The maximum atomic E-state index is 12.8. The van der Waals surface area contributed by atoms with Gasteiger partial charge in [-0.15, -0.1) is 0 Å². The first-order chi connectivity index (χ1) is 7.16. The van der Waals surface area contributed by atoms with Gasteiger partial charge in [0.15, 0.2) is 0 Å². The highest BCUT2D eigenvalue weighted by Crippen LogP contribution is 2.29. The zero-order valence-electron chi connectivity index (χ0n) is 9.67. The van der Waals surface area contributed by atoms with E-state index in [1.54, 1.807) is 6.07 Å². The smallest absolute Gasteiger partial charge is 0.130 e. The van der Waals surface area contributed by atoms with E-state index >= 15 is 0 Å². The molecule has 0 spiro atoms. The molecule has 0 amide bonds. The third kappa shape index (κ3) is 2.58. The van der Waals surface area contributed by atoms with Gasteiger partial charge in [0.2, 0.25) is 0 Å². The van der Waals surface area contributed by atoms with Gasteiger partial charge in [0, 0.05) is 11.6 Å². The minimum Gasteiger partial charge on any atom is -0.486 e. The molecule has 1 aliphatic heterocycles. The number of fused-ring (bicyclic) bond motifs is 1. The standard InChI is InChI=1S/C11H11FO.C2H6/c1-7-5-9-3-4-10(12)6-11(9)13-8(7)2;1-2/h3-6,8H,1-2H3;1-2H3. The van der Waals surface area contributed by atoms with Crippen molar-refractivity contribution >= 4 is 6.08 Å². The van der Waals surface area contributed by atoms with Crippen LogP contribution < -0.4 is 4.74 Å². The van der Waals surface area contributed by atoms with Crippen LogP contribution in [0.15, 0.2) is 23.8 Å².